The Balaban J connectivity index is 2.30. The van der Waals surface area contributed by atoms with E-state index in [0.29, 0.717) is 19.0 Å². The summed E-state index contributed by atoms with van der Waals surface area (Å²) < 4.78 is 5.44. The van der Waals surface area contributed by atoms with E-state index >= 15 is 0 Å². The lowest BCUT2D eigenvalue weighted by Crippen LogP contribution is -2.10. The van der Waals surface area contributed by atoms with E-state index in [1.54, 1.807) is 0 Å². The number of rotatable bonds is 4. The molecule has 0 saturated heterocycles. The number of ether oxygens (including phenoxy) is 1. The summed E-state index contributed by atoms with van der Waals surface area (Å²) in [5, 5.41) is 8.84. The van der Waals surface area contributed by atoms with Gasteiger partial charge in [-0.1, -0.05) is 25.1 Å². The number of benzene rings is 1. The molecule has 0 aliphatic carbocycles. The van der Waals surface area contributed by atoms with Gasteiger partial charge >= 0.3 is 5.97 Å². The maximum absolute atomic E-state index is 10.8. The van der Waals surface area contributed by atoms with Crippen molar-refractivity contribution in [2.75, 3.05) is 13.2 Å². The molecule has 0 fully saturated rings. The second-order valence-electron chi connectivity index (χ2n) is 4.12. The third kappa shape index (κ3) is 2.64. The van der Waals surface area contributed by atoms with Gasteiger partial charge in [-0.05, 0) is 17.5 Å². The largest absolute Gasteiger partial charge is 0.481 e. The molecule has 17 heavy (non-hydrogen) atoms. The molecule has 0 bridgehead atoms. The highest BCUT2D eigenvalue weighted by molar-refractivity contribution is 5.96. The van der Waals surface area contributed by atoms with Crippen molar-refractivity contribution in [2.24, 2.45) is 4.99 Å². The van der Waals surface area contributed by atoms with Gasteiger partial charge in [-0.25, -0.2) is 4.99 Å². The van der Waals surface area contributed by atoms with Crippen LogP contribution >= 0.6 is 0 Å². The molecular formula is C13H15NO3. The van der Waals surface area contributed by atoms with Crippen LogP contribution in [0.5, 0.6) is 0 Å². The number of carboxylic acids is 1. The van der Waals surface area contributed by atoms with Gasteiger partial charge in [0.1, 0.15) is 6.61 Å². The summed E-state index contributed by atoms with van der Waals surface area (Å²) in [6.07, 6.45) is 0.115. The molecule has 0 amide bonds. The molecule has 1 N–H and O–H groups in total. The number of aliphatic carboxylic acids is 1. The molecule has 1 atom stereocenters. The van der Waals surface area contributed by atoms with Crippen molar-refractivity contribution in [1.82, 2.24) is 0 Å². The molecule has 1 unspecified atom stereocenters. The minimum Gasteiger partial charge on any atom is -0.481 e. The molecule has 4 heteroatoms. The first-order valence-electron chi connectivity index (χ1n) is 5.67. The molecule has 1 heterocycles. The number of hydrogen-bond acceptors (Lipinski definition) is 3. The summed E-state index contributed by atoms with van der Waals surface area (Å²) in [7, 11) is 0. The van der Waals surface area contributed by atoms with E-state index in [1.807, 2.05) is 31.2 Å². The van der Waals surface area contributed by atoms with Crippen LogP contribution in [0.1, 0.15) is 30.4 Å². The summed E-state index contributed by atoms with van der Waals surface area (Å²) in [5.74, 6) is -0.199. The highest BCUT2D eigenvalue weighted by Crippen LogP contribution is 2.24. The fourth-order valence-electron chi connectivity index (χ4n) is 1.99. The Labute approximate surface area is 99.9 Å². The molecule has 2 rings (SSSR count). The molecule has 1 aliphatic heterocycles. The van der Waals surface area contributed by atoms with E-state index in [0.717, 1.165) is 11.1 Å². The van der Waals surface area contributed by atoms with E-state index in [4.69, 9.17) is 9.84 Å². The molecule has 1 aromatic carbocycles. The van der Waals surface area contributed by atoms with E-state index in [2.05, 4.69) is 4.99 Å². The summed E-state index contributed by atoms with van der Waals surface area (Å²) >= 11 is 0. The van der Waals surface area contributed by atoms with Crippen molar-refractivity contribution in [3.8, 4) is 0 Å². The predicted octanol–water partition coefficient (Wildman–Crippen LogP) is 2.04. The first-order chi connectivity index (χ1) is 8.18. The molecular weight excluding hydrogens is 218 g/mol. The molecule has 4 nitrogen and oxygen atoms in total. The zero-order valence-corrected chi connectivity index (χ0v) is 9.72. The Kier molecular flexibility index (Phi) is 3.42. The predicted molar refractivity (Wildman–Crippen MR) is 64.5 cm³/mol. The molecule has 0 radical (unpaired) electrons. The first-order valence-corrected chi connectivity index (χ1v) is 5.67. The van der Waals surface area contributed by atoms with Gasteiger partial charge in [0.2, 0.25) is 5.90 Å². The molecule has 90 valence electrons. The van der Waals surface area contributed by atoms with Gasteiger partial charge in [0.05, 0.1) is 13.0 Å². The summed E-state index contributed by atoms with van der Waals surface area (Å²) in [6.45, 7) is 3.19. The van der Waals surface area contributed by atoms with Crippen molar-refractivity contribution >= 4 is 11.9 Å². The Morgan fingerprint density at radius 1 is 1.53 bits per heavy atom. The van der Waals surface area contributed by atoms with Crippen LogP contribution in [0.15, 0.2) is 29.3 Å². The van der Waals surface area contributed by atoms with Crippen LogP contribution in [0.3, 0.4) is 0 Å². The minimum absolute atomic E-state index is 0.0457. The van der Waals surface area contributed by atoms with E-state index < -0.39 is 5.97 Å². The summed E-state index contributed by atoms with van der Waals surface area (Å²) in [6, 6.07) is 7.69. The van der Waals surface area contributed by atoms with Gasteiger partial charge in [0.25, 0.3) is 0 Å². The lowest BCUT2D eigenvalue weighted by atomic mass is 9.93. The lowest BCUT2D eigenvalue weighted by Gasteiger charge is -2.14. The zero-order valence-electron chi connectivity index (χ0n) is 9.72. The Hall–Kier alpha value is -1.84. The second-order valence-corrected chi connectivity index (χ2v) is 4.12. The molecule has 1 aliphatic rings. The van der Waals surface area contributed by atoms with Crippen molar-refractivity contribution < 1.29 is 14.6 Å². The molecule has 0 spiro atoms. The molecule has 0 aromatic heterocycles. The highest BCUT2D eigenvalue weighted by Gasteiger charge is 2.19. The standard InChI is InChI=1S/C13H15NO3/c1-9(8-12(15)16)10-4-2-3-5-11(10)13-14-6-7-17-13/h2-5,9H,6-8H2,1H3,(H,15,16). The number of hydrogen-bond donors (Lipinski definition) is 1. The van der Waals surface area contributed by atoms with Gasteiger partial charge in [0, 0.05) is 5.56 Å². The SMILES string of the molecule is CC(CC(=O)O)c1ccccc1C1=NCCO1. The fraction of sp³-hybridized carbons (Fsp3) is 0.385. The number of nitrogens with zero attached hydrogens (tertiary/aromatic N) is 1. The van der Waals surface area contributed by atoms with E-state index in [-0.39, 0.29) is 12.3 Å². The van der Waals surface area contributed by atoms with Crippen LogP contribution < -0.4 is 0 Å². The van der Waals surface area contributed by atoms with Gasteiger partial charge in [-0.2, -0.15) is 0 Å². The smallest absolute Gasteiger partial charge is 0.303 e. The first kappa shape index (κ1) is 11.6. The van der Waals surface area contributed by atoms with Gasteiger partial charge < -0.3 is 9.84 Å². The highest BCUT2D eigenvalue weighted by atomic mass is 16.5. The monoisotopic (exact) mass is 233 g/mol. The topological polar surface area (TPSA) is 58.9 Å². The average Bonchev–Trinajstić information content (AvgIpc) is 2.81. The number of carbonyl (C=O) groups is 1. The summed E-state index contributed by atoms with van der Waals surface area (Å²) in [5.41, 5.74) is 1.90. The Morgan fingerprint density at radius 3 is 2.94 bits per heavy atom. The Bertz CT molecular complexity index is 454. The van der Waals surface area contributed by atoms with E-state index in [1.165, 1.54) is 0 Å². The zero-order chi connectivity index (χ0) is 12.3. The van der Waals surface area contributed by atoms with Crippen LogP contribution in [-0.4, -0.2) is 30.1 Å². The van der Waals surface area contributed by atoms with Crippen LogP contribution in [0.25, 0.3) is 0 Å². The quantitative estimate of drug-likeness (QED) is 0.865. The Morgan fingerprint density at radius 2 is 2.29 bits per heavy atom. The van der Waals surface area contributed by atoms with Gasteiger partial charge in [-0.3, -0.25) is 4.79 Å². The third-order valence-electron chi connectivity index (χ3n) is 2.79. The minimum atomic E-state index is -0.790. The van der Waals surface area contributed by atoms with Crippen molar-refractivity contribution in [3.05, 3.63) is 35.4 Å². The van der Waals surface area contributed by atoms with Crippen molar-refractivity contribution in [1.29, 1.82) is 0 Å². The van der Waals surface area contributed by atoms with Crippen molar-refractivity contribution in [3.63, 3.8) is 0 Å². The lowest BCUT2D eigenvalue weighted by molar-refractivity contribution is -0.137. The van der Waals surface area contributed by atoms with Gasteiger partial charge in [-0.15, -0.1) is 0 Å². The number of carboxylic acid groups (broad SMARTS) is 1. The fourth-order valence-corrected chi connectivity index (χ4v) is 1.99. The normalized spacial score (nSPS) is 16.2. The molecule has 1 aromatic rings. The van der Waals surface area contributed by atoms with Gasteiger partial charge in [0.15, 0.2) is 0 Å². The molecule has 0 saturated carbocycles. The van der Waals surface area contributed by atoms with E-state index in [9.17, 15) is 4.79 Å². The van der Waals surface area contributed by atoms with Crippen molar-refractivity contribution in [2.45, 2.75) is 19.3 Å². The third-order valence-corrected chi connectivity index (χ3v) is 2.79. The van der Waals surface area contributed by atoms with Crippen LogP contribution in [0, 0.1) is 0 Å². The maximum Gasteiger partial charge on any atom is 0.303 e. The average molecular weight is 233 g/mol. The van der Waals surface area contributed by atoms with Crippen LogP contribution in [-0.2, 0) is 9.53 Å². The second kappa shape index (κ2) is 4.99. The summed E-state index contributed by atoms with van der Waals surface area (Å²) in [4.78, 5) is 15.0. The van der Waals surface area contributed by atoms with Crippen LogP contribution in [0.4, 0.5) is 0 Å². The maximum atomic E-state index is 10.8. The van der Waals surface area contributed by atoms with Crippen LogP contribution in [0.2, 0.25) is 0 Å². The number of aliphatic imine (C=N–C) groups is 1.